The number of ether oxygens (including phenoxy) is 1. The van der Waals surface area contributed by atoms with E-state index in [9.17, 15) is 9.90 Å². The number of hydrogen-bond donors (Lipinski definition) is 3. The number of rotatable bonds is 7. The molecule has 0 saturated heterocycles. The van der Waals surface area contributed by atoms with E-state index in [1.165, 1.54) is 11.3 Å². The fourth-order valence-corrected chi connectivity index (χ4v) is 2.94. The molecule has 0 bridgehead atoms. The summed E-state index contributed by atoms with van der Waals surface area (Å²) >= 11 is 0. The monoisotopic (exact) mass is 321 g/mol. The zero-order valence-corrected chi connectivity index (χ0v) is 13.9. The van der Waals surface area contributed by atoms with Gasteiger partial charge >= 0.3 is 6.03 Å². The number of urea groups is 1. The third-order valence-corrected chi connectivity index (χ3v) is 4.34. The molecule has 128 valence electrons. The minimum atomic E-state index is -0.278. The highest BCUT2D eigenvalue weighted by Crippen LogP contribution is 2.33. The van der Waals surface area contributed by atoms with Gasteiger partial charge in [-0.3, -0.25) is 0 Å². The minimum absolute atomic E-state index is 0.0894. The molecule has 23 heavy (non-hydrogen) atoms. The van der Waals surface area contributed by atoms with Crippen LogP contribution in [0.1, 0.15) is 24.3 Å². The lowest BCUT2D eigenvalue weighted by molar-refractivity contribution is 0.159. The van der Waals surface area contributed by atoms with Gasteiger partial charge in [0.1, 0.15) is 0 Å². The van der Waals surface area contributed by atoms with Gasteiger partial charge in [0.25, 0.3) is 0 Å². The number of fused-ring (bicyclic) bond motifs is 1. The first-order chi connectivity index (χ1) is 11.2. The van der Waals surface area contributed by atoms with E-state index >= 15 is 0 Å². The fraction of sp³-hybridized carbons (Fsp3) is 0.588. The lowest BCUT2D eigenvalue weighted by atomic mass is 9.90. The topological polar surface area (TPSA) is 73.8 Å². The molecule has 1 aromatic rings. The molecule has 0 unspecified atom stereocenters. The summed E-state index contributed by atoms with van der Waals surface area (Å²) in [6.45, 7) is 2.00. The van der Waals surface area contributed by atoms with E-state index in [0.29, 0.717) is 25.5 Å². The number of nitrogens with one attached hydrogen (secondary N) is 2. The van der Waals surface area contributed by atoms with Gasteiger partial charge in [-0.25, -0.2) is 4.79 Å². The zero-order valence-electron chi connectivity index (χ0n) is 13.9. The van der Waals surface area contributed by atoms with Crippen LogP contribution >= 0.6 is 0 Å². The Labute approximate surface area is 137 Å². The van der Waals surface area contributed by atoms with Gasteiger partial charge in [0.2, 0.25) is 0 Å². The van der Waals surface area contributed by atoms with Gasteiger partial charge in [0, 0.05) is 45.5 Å². The summed E-state index contributed by atoms with van der Waals surface area (Å²) in [7, 11) is 3.70. The Balaban J connectivity index is 1.86. The summed E-state index contributed by atoms with van der Waals surface area (Å²) in [5.74, 6) is 0.319. The zero-order chi connectivity index (χ0) is 16.7. The van der Waals surface area contributed by atoms with Crippen molar-refractivity contribution in [2.45, 2.75) is 24.8 Å². The van der Waals surface area contributed by atoms with Crippen LogP contribution in [-0.4, -0.2) is 57.6 Å². The van der Waals surface area contributed by atoms with Crippen LogP contribution in [0.2, 0.25) is 0 Å². The molecule has 1 aliphatic heterocycles. The van der Waals surface area contributed by atoms with Gasteiger partial charge in [0.05, 0.1) is 12.6 Å². The molecule has 0 aromatic heterocycles. The van der Waals surface area contributed by atoms with Crippen molar-refractivity contribution < 1.29 is 14.6 Å². The number of amides is 2. The molecule has 2 rings (SSSR count). The molecule has 0 aliphatic carbocycles. The second-order valence-electron chi connectivity index (χ2n) is 5.98. The summed E-state index contributed by atoms with van der Waals surface area (Å²) < 4.78 is 4.97. The summed E-state index contributed by atoms with van der Waals surface area (Å²) in [5.41, 5.74) is 2.51. The van der Waals surface area contributed by atoms with Crippen LogP contribution in [0.4, 0.5) is 10.5 Å². The van der Waals surface area contributed by atoms with Crippen molar-refractivity contribution >= 4 is 11.7 Å². The summed E-state index contributed by atoms with van der Waals surface area (Å²) in [6.07, 6.45) is 1.61. The molecule has 0 radical (unpaired) electrons. The maximum Gasteiger partial charge on any atom is 0.315 e. The highest BCUT2D eigenvalue weighted by Gasteiger charge is 2.23. The number of carbonyl (C=O) groups excluding carboxylic acids is 1. The maximum absolute atomic E-state index is 12.0. The van der Waals surface area contributed by atoms with Gasteiger partial charge in [-0.15, -0.1) is 0 Å². The number of aliphatic hydroxyl groups is 1. The molecule has 3 N–H and O–H groups in total. The first kappa shape index (κ1) is 17.6. The molecule has 1 heterocycles. The maximum atomic E-state index is 12.0. The number of benzene rings is 1. The molecule has 2 atom stereocenters. The number of hydrogen-bond acceptors (Lipinski definition) is 4. The summed E-state index contributed by atoms with van der Waals surface area (Å²) in [5, 5.41) is 15.0. The van der Waals surface area contributed by atoms with Gasteiger partial charge in [-0.2, -0.15) is 0 Å². The molecule has 2 amide bonds. The van der Waals surface area contributed by atoms with Crippen LogP contribution in [0, 0.1) is 0 Å². The van der Waals surface area contributed by atoms with E-state index in [-0.39, 0.29) is 18.7 Å². The van der Waals surface area contributed by atoms with Gasteiger partial charge in [0.15, 0.2) is 0 Å². The normalized spacial score (nSPS) is 18.2. The molecule has 0 spiro atoms. The number of anilines is 1. The first-order valence-electron chi connectivity index (χ1n) is 8.10. The first-order valence-corrected chi connectivity index (χ1v) is 8.10. The Bertz CT molecular complexity index is 510. The quantitative estimate of drug-likeness (QED) is 0.708. The van der Waals surface area contributed by atoms with Crippen LogP contribution in [0.3, 0.4) is 0 Å². The van der Waals surface area contributed by atoms with Crippen LogP contribution in [0.25, 0.3) is 0 Å². The molecule has 0 saturated carbocycles. The van der Waals surface area contributed by atoms with Crippen molar-refractivity contribution in [2.24, 2.45) is 0 Å². The number of nitrogens with zero attached hydrogens (tertiary/aromatic N) is 1. The van der Waals surface area contributed by atoms with Crippen molar-refractivity contribution in [3.63, 3.8) is 0 Å². The molecular formula is C17H27N3O3. The number of methoxy groups -OCH3 is 1. The van der Waals surface area contributed by atoms with Crippen molar-refractivity contribution in [1.29, 1.82) is 0 Å². The molecule has 6 nitrogen and oxygen atoms in total. The second-order valence-corrected chi connectivity index (χ2v) is 5.98. The number of para-hydroxylation sites is 1. The van der Waals surface area contributed by atoms with Crippen LogP contribution in [0.5, 0.6) is 0 Å². The largest absolute Gasteiger partial charge is 0.394 e. The lowest BCUT2D eigenvalue weighted by Gasteiger charge is -2.33. The van der Waals surface area contributed by atoms with Gasteiger partial charge in [-0.1, -0.05) is 18.2 Å². The Morgan fingerprint density at radius 1 is 1.48 bits per heavy atom. The van der Waals surface area contributed by atoms with Crippen LogP contribution < -0.4 is 15.5 Å². The van der Waals surface area contributed by atoms with Gasteiger partial charge in [-0.05, 0) is 24.5 Å². The minimum Gasteiger partial charge on any atom is -0.394 e. The Hall–Kier alpha value is -1.79. The number of carbonyl (C=O) groups is 1. The fourth-order valence-electron chi connectivity index (χ4n) is 2.94. The van der Waals surface area contributed by atoms with Crippen molar-refractivity contribution in [1.82, 2.24) is 10.6 Å². The Morgan fingerprint density at radius 3 is 3.00 bits per heavy atom. The van der Waals surface area contributed by atoms with Crippen molar-refractivity contribution in [2.75, 3.05) is 45.4 Å². The van der Waals surface area contributed by atoms with Crippen LogP contribution in [-0.2, 0) is 4.74 Å². The van der Waals surface area contributed by atoms with E-state index in [1.807, 2.05) is 12.1 Å². The smallest absolute Gasteiger partial charge is 0.315 e. The van der Waals surface area contributed by atoms with E-state index in [1.54, 1.807) is 7.11 Å². The highest BCUT2D eigenvalue weighted by atomic mass is 16.5. The third-order valence-electron chi connectivity index (χ3n) is 4.34. The summed E-state index contributed by atoms with van der Waals surface area (Å²) in [6, 6.07) is 7.81. The lowest BCUT2D eigenvalue weighted by Crippen LogP contribution is -2.45. The van der Waals surface area contributed by atoms with Gasteiger partial charge < -0.3 is 25.4 Å². The predicted octanol–water partition coefficient (Wildman–Crippen LogP) is 1.31. The van der Waals surface area contributed by atoms with Crippen molar-refractivity contribution in [3.05, 3.63) is 29.8 Å². The van der Waals surface area contributed by atoms with E-state index in [4.69, 9.17) is 4.74 Å². The SMILES string of the molecule is COCC[C@@H](CO)NC(=O)NC[C@H]1CCN(C)c2ccccc21. The number of aliphatic hydroxyl groups excluding tert-OH is 1. The third kappa shape index (κ3) is 4.84. The summed E-state index contributed by atoms with van der Waals surface area (Å²) in [4.78, 5) is 14.3. The average Bonchev–Trinajstić information content (AvgIpc) is 2.58. The molecule has 1 aromatic carbocycles. The average molecular weight is 321 g/mol. The van der Waals surface area contributed by atoms with Crippen molar-refractivity contribution in [3.8, 4) is 0 Å². The van der Waals surface area contributed by atoms with E-state index in [0.717, 1.165) is 13.0 Å². The Morgan fingerprint density at radius 2 is 2.26 bits per heavy atom. The molecule has 1 aliphatic rings. The van der Waals surface area contributed by atoms with E-state index in [2.05, 4.69) is 34.7 Å². The van der Waals surface area contributed by atoms with E-state index < -0.39 is 0 Å². The molecular weight excluding hydrogens is 294 g/mol. The Kier molecular flexibility index (Phi) is 6.67. The molecule has 0 fully saturated rings. The predicted molar refractivity (Wildman–Crippen MR) is 91.0 cm³/mol. The highest BCUT2D eigenvalue weighted by molar-refractivity contribution is 5.74. The second kappa shape index (κ2) is 8.74. The molecule has 6 heteroatoms. The standard InChI is InChI=1S/C17H27N3O3/c1-20-9-7-13(15-5-3-4-6-16(15)20)11-18-17(22)19-14(12-21)8-10-23-2/h3-6,13-14,21H,7-12H2,1-2H3,(H2,18,19,22)/t13-,14+/m1/s1. The van der Waals surface area contributed by atoms with Crippen LogP contribution in [0.15, 0.2) is 24.3 Å².